The van der Waals surface area contributed by atoms with Gasteiger partial charge >= 0.3 is 5.97 Å². The highest BCUT2D eigenvalue weighted by Crippen LogP contribution is 2.65. The summed E-state index contributed by atoms with van der Waals surface area (Å²) in [6, 6.07) is 2.74. The SMILES string of the molecule is COc1c2c(c(O)c3c4c(ccc13)C(O)[C@@H]1O[C@](O)(C(OC)OC)C(O)(CO)C1(O)O4)C(=O)C(O)CC2OC1CC2(C)C(OC(C)=O)C(C)C2(O)O1. The Hall–Kier alpha value is -3.24. The monoisotopic (exact) mass is 738 g/mol. The second-order valence-electron chi connectivity index (χ2n) is 14.3. The molecule has 0 aromatic heterocycles. The maximum Gasteiger partial charge on any atom is 0.302 e. The van der Waals surface area contributed by atoms with Gasteiger partial charge < -0.3 is 78.7 Å². The number of ether oxygens (including phenoxy) is 8. The van der Waals surface area contributed by atoms with Gasteiger partial charge in [0.05, 0.1) is 36.2 Å². The minimum absolute atomic E-state index is 0.00809. The third-order valence-corrected chi connectivity index (χ3v) is 11.7. The number of carbonyl (C=O) groups is 2. The lowest BCUT2D eigenvalue weighted by Gasteiger charge is -2.57. The summed E-state index contributed by atoms with van der Waals surface area (Å²) in [5, 5.41) is 91.0. The van der Waals surface area contributed by atoms with E-state index < -0.39 is 113 Å². The molecule has 18 nitrogen and oxygen atoms in total. The number of phenolic OH excluding ortho intramolecular Hbond substituents is 1. The fraction of sp³-hybridized carbons (Fsp3) is 0.647. The van der Waals surface area contributed by atoms with Crippen molar-refractivity contribution in [3.63, 3.8) is 0 Å². The lowest BCUT2D eigenvalue weighted by molar-refractivity contribution is -0.378. The maximum atomic E-state index is 13.7. The van der Waals surface area contributed by atoms with Crippen LogP contribution in [0.4, 0.5) is 0 Å². The van der Waals surface area contributed by atoms with Gasteiger partial charge in [0.1, 0.15) is 35.6 Å². The molecule has 286 valence electrons. The Morgan fingerprint density at radius 1 is 1.06 bits per heavy atom. The molecule has 10 unspecified atom stereocenters. The Morgan fingerprint density at radius 3 is 2.33 bits per heavy atom. The van der Waals surface area contributed by atoms with Crippen LogP contribution in [0.5, 0.6) is 17.2 Å². The van der Waals surface area contributed by atoms with Crippen LogP contribution in [0.1, 0.15) is 67.3 Å². The molecule has 52 heavy (non-hydrogen) atoms. The van der Waals surface area contributed by atoms with E-state index in [4.69, 9.17) is 37.9 Å². The Bertz CT molecular complexity index is 1830. The van der Waals surface area contributed by atoms with Crippen molar-refractivity contribution in [3.05, 3.63) is 28.8 Å². The van der Waals surface area contributed by atoms with E-state index in [2.05, 4.69) is 0 Å². The van der Waals surface area contributed by atoms with Gasteiger partial charge in [0.25, 0.3) is 11.6 Å². The van der Waals surface area contributed by atoms with Crippen molar-refractivity contribution in [2.75, 3.05) is 27.9 Å². The molecule has 18 heteroatoms. The largest absolute Gasteiger partial charge is 0.506 e. The number of aromatic hydroxyl groups is 1. The van der Waals surface area contributed by atoms with Crippen LogP contribution in [0, 0.1) is 11.3 Å². The van der Waals surface area contributed by atoms with Crippen molar-refractivity contribution in [2.24, 2.45) is 11.3 Å². The molecule has 0 spiro atoms. The number of aliphatic hydroxyl groups is 7. The van der Waals surface area contributed by atoms with Crippen LogP contribution in [-0.2, 0) is 33.2 Å². The maximum absolute atomic E-state index is 13.7. The van der Waals surface area contributed by atoms with Crippen molar-refractivity contribution in [1.82, 2.24) is 0 Å². The van der Waals surface area contributed by atoms with Gasteiger partial charge in [-0.2, -0.15) is 0 Å². The number of fused-ring (bicyclic) bond motifs is 6. The molecule has 2 aromatic rings. The van der Waals surface area contributed by atoms with E-state index in [1.54, 1.807) is 13.8 Å². The zero-order chi connectivity index (χ0) is 38.1. The van der Waals surface area contributed by atoms with Crippen molar-refractivity contribution in [3.8, 4) is 17.2 Å². The Kier molecular flexibility index (Phi) is 8.47. The van der Waals surface area contributed by atoms with Gasteiger partial charge in [0.15, 0.2) is 24.0 Å². The van der Waals surface area contributed by atoms with Crippen LogP contribution in [0.15, 0.2) is 12.1 Å². The highest BCUT2D eigenvalue weighted by Gasteiger charge is 2.81. The summed E-state index contributed by atoms with van der Waals surface area (Å²) < 4.78 is 45.1. The third-order valence-electron chi connectivity index (χ3n) is 11.7. The van der Waals surface area contributed by atoms with Gasteiger partial charge in [-0.15, -0.1) is 0 Å². The van der Waals surface area contributed by atoms with E-state index >= 15 is 0 Å². The number of methoxy groups -OCH3 is 3. The second-order valence-corrected chi connectivity index (χ2v) is 14.3. The molecule has 12 atom stereocenters. The lowest BCUT2D eigenvalue weighted by Crippen LogP contribution is -2.72. The molecule has 3 aliphatic heterocycles. The number of ketones is 1. The second kappa shape index (κ2) is 11.9. The molecule has 0 bridgehead atoms. The number of esters is 1. The van der Waals surface area contributed by atoms with E-state index in [1.165, 1.54) is 26.2 Å². The van der Waals surface area contributed by atoms with Gasteiger partial charge in [0.2, 0.25) is 11.9 Å². The average Bonchev–Trinajstić information content (AvgIpc) is 3.43. The van der Waals surface area contributed by atoms with E-state index in [0.717, 1.165) is 14.2 Å². The standard InChI is InChI=1S/C34H42O18/c1-12-27(48-13(2)36)30(3)10-18(50-32(12,30)42)49-17-9-16(37)23(39)21-20(17)25(45-4)14-7-8-15-22(38)28-33(43,51-26(15)19(14)24(21)40)31(41,11-35)34(44,52-28)29(46-5)47-6/h7-8,12,16-18,22,27-29,35,37-38,40-44H,9-11H2,1-6H3/t12?,16?,17?,18?,22?,27?,28-,30?,31?,32?,33?,34+/m0/s1. The van der Waals surface area contributed by atoms with Gasteiger partial charge in [-0.1, -0.05) is 19.9 Å². The molecule has 2 saturated heterocycles. The van der Waals surface area contributed by atoms with Crippen LogP contribution in [0.2, 0.25) is 0 Å². The van der Waals surface area contributed by atoms with Crippen molar-refractivity contribution in [2.45, 2.75) is 99.7 Å². The first-order chi connectivity index (χ1) is 24.3. The van der Waals surface area contributed by atoms with Gasteiger partial charge in [-0.25, -0.2) is 0 Å². The summed E-state index contributed by atoms with van der Waals surface area (Å²) in [7, 11) is 3.43. The molecule has 2 aliphatic carbocycles. The quantitative estimate of drug-likeness (QED) is 0.121. The predicted molar refractivity (Wildman–Crippen MR) is 168 cm³/mol. The minimum Gasteiger partial charge on any atom is -0.506 e. The van der Waals surface area contributed by atoms with Gasteiger partial charge in [0, 0.05) is 56.4 Å². The molecule has 2 aromatic carbocycles. The number of Topliss-reactive ketones (excluding diaryl/α,β-unsaturated/α-hetero) is 1. The summed E-state index contributed by atoms with van der Waals surface area (Å²) >= 11 is 0. The third kappa shape index (κ3) is 4.37. The van der Waals surface area contributed by atoms with Crippen LogP contribution in [0.25, 0.3) is 10.8 Å². The van der Waals surface area contributed by atoms with E-state index in [-0.39, 0.29) is 40.5 Å². The summed E-state index contributed by atoms with van der Waals surface area (Å²) in [6.45, 7) is 3.19. The van der Waals surface area contributed by atoms with Crippen LogP contribution in [-0.4, -0.2) is 134 Å². The fourth-order valence-electron chi connectivity index (χ4n) is 9.01. The highest BCUT2D eigenvalue weighted by atomic mass is 16.8. The number of carbonyl (C=O) groups excluding carboxylic acids is 2. The Labute approximate surface area is 295 Å². The zero-order valence-electron chi connectivity index (χ0n) is 29.1. The number of hydrogen-bond acceptors (Lipinski definition) is 18. The minimum atomic E-state index is -3.16. The lowest BCUT2D eigenvalue weighted by atomic mass is 9.55. The van der Waals surface area contributed by atoms with Crippen LogP contribution < -0.4 is 9.47 Å². The highest BCUT2D eigenvalue weighted by molar-refractivity contribution is 6.13. The molecule has 1 saturated carbocycles. The molecule has 5 aliphatic rings. The van der Waals surface area contributed by atoms with Gasteiger partial charge in [-0.3, -0.25) is 9.59 Å². The molecule has 0 amide bonds. The van der Waals surface area contributed by atoms with Crippen LogP contribution in [0.3, 0.4) is 0 Å². The predicted octanol–water partition coefficient (Wildman–Crippen LogP) is -0.874. The summed E-state index contributed by atoms with van der Waals surface area (Å²) in [4.78, 5) is 25.4. The molecule has 3 fully saturated rings. The fourth-order valence-corrected chi connectivity index (χ4v) is 9.01. The molecular weight excluding hydrogens is 696 g/mol. The first-order valence-corrected chi connectivity index (χ1v) is 16.6. The smallest absolute Gasteiger partial charge is 0.302 e. The first-order valence-electron chi connectivity index (χ1n) is 16.6. The molecule has 8 N–H and O–H groups in total. The van der Waals surface area contributed by atoms with Crippen molar-refractivity contribution >= 4 is 22.5 Å². The molecular formula is C34H42O18. The number of aliphatic hydroxyl groups excluding tert-OH is 3. The van der Waals surface area contributed by atoms with Crippen molar-refractivity contribution in [1.29, 1.82) is 0 Å². The topological polar surface area (TPSA) is 270 Å². The summed E-state index contributed by atoms with van der Waals surface area (Å²) in [5.41, 5.74) is -4.80. The molecule has 3 heterocycles. The van der Waals surface area contributed by atoms with Crippen LogP contribution >= 0.6 is 0 Å². The Balaban J connectivity index is 1.34. The number of benzene rings is 2. The first kappa shape index (κ1) is 37.1. The number of hydrogen-bond donors (Lipinski definition) is 8. The van der Waals surface area contributed by atoms with E-state index in [1.807, 2.05) is 0 Å². The summed E-state index contributed by atoms with van der Waals surface area (Å²) in [6.07, 6.45) is -10.7. The van der Waals surface area contributed by atoms with Gasteiger partial charge in [-0.05, 0) is 6.07 Å². The normalized spacial score (nSPS) is 41.9. The zero-order valence-corrected chi connectivity index (χ0v) is 29.1. The number of phenols is 1. The summed E-state index contributed by atoms with van der Waals surface area (Å²) in [5.74, 6) is -11.3. The Morgan fingerprint density at radius 2 is 1.73 bits per heavy atom. The number of rotatable bonds is 8. The van der Waals surface area contributed by atoms with Crippen molar-refractivity contribution < 1.29 is 88.3 Å². The molecule has 7 rings (SSSR count). The average molecular weight is 739 g/mol. The molecule has 0 radical (unpaired) electrons. The van der Waals surface area contributed by atoms with E-state index in [9.17, 15) is 50.4 Å². The van der Waals surface area contributed by atoms with E-state index in [0.29, 0.717) is 0 Å².